The van der Waals surface area contributed by atoms with Crippen LogP contribution in [0.2, 0.25) is 0 Å². The molecule has 0 fully saturated rings. The molecular formula is C3H10N2O2. The van der Waals surface area contributed by atoms with E-state index in [4.69, 9.17) is 21.7 Å². The van der Waals surface area contributed by atoms with Crippen LogP contribution in [0.25, 0.3) is 0 Å². The zero-order valence-corrected chi connectivity index (χ0v) is 3.91. The van der Waals surface area contributed by atoms with Crippen LogP contribution in [0.3, 0.4) is 0 Å². The average Bonchev–Trinajstić information content (AvgIpc) is 1.65. The van der Waals surface area contributed by atoms with Crippen LogP contribution >= 0.6 is 0 Å². The number of hydrogen-bond acceptors (Lipinski definition) is 4. The fourth-order valence-corrected chi connectivity index (χ4v) is 0.139. The van der Waals surface area contributed by atoms with Crippen molar-refractivity contribution in [2.45, 2.75) is 12.3 Å². The zero-order chi connectivity index (χ0) is 5.86. The van der Waals surface area contributed by atoms with Crippen molar-refractivity contribution in [2.24, 2.45) is 11.5 Å². The van der Waals surface area contributed by atoms with Crippen molar-refractivity contribution in [3.05, 3.63) is 0 Å². The van der Waals surface area contributed by atoms with Gasteiger partial charge in [0, 0.05) is 6.54 Å². The lowest BCUT2D eigenvalue weighted by molar-refractivity contribution is 0.0297. The van der Waals surface area contributed by atoms with E-state index in [1.165, 1.54) is 0 Å². The summed E-state index contributed by atoms with van der Waals surface area (Å²) in [5, 5.41) is 16.7. The van der Waals surface area contributed by atoms with Gasteiger partial charge >= 0.3 is 0 Å². The van der Waals surface area contributed by atoms with E-state index in [1.807, 2.05) is 0 Å². The first-order valence-electron chi connectivity index (χ1n) is 2.00. The first-order chi connectivity index (χ1) is 3.18. The quantitative estimate of drug-likeness (QED) is 0.295. The second-order valence-corrected chi connectivity index (χ2v) is 1.29. The monoisotopic (exact) mass is 106 g/mol. The predicted molar refractivity (Wildman–Crippen MR) is 25.3 cm³/mol. The van der Waals surface area contributed by atoms with Crippen LogP contribution in [-0.2, 0) is 0 Å². The highest BCUT2D eigenvalue weighted by molar-refractivity contribution is 4.58. The maximum atomic E-state index is 8.44. The highest BCUT2D eigenvalue weighted by Gasteiger charge is 2.06. The lowest BCUT2D eigenvalue weighted by Crippen LogP contribution is -2.39. The van der Waals surface area contributed by atoms with Gasteiger partial charge in [0.25, 0.3) is 0 Å². The van der Waals surface area contributed by atoms with Crippen LogP contribution in [0.1, 0.15) is 0 Å². The molecule has 0 bridgehead atoms. The third kappa shape index (κ3) is 2.52. The molecular weight excluding hydrogens is 96.0 g/mol. The maximum absolute atomic E-state index is 8.44. The Labute approximate surface area is 41.7 Å². The van der Waals surface area contributed by atoms with Crippen LogP contribution in [-0.4, -0.2) is 29.1 Å². The molecule has 0 aliphatic carbocycles. The number of nitrogens with two attached hydrogens (primary N) is 2. The van der Waals surface area contributed by atoms with Crippen molar-refractivity contribution in [3.63, 3.8) is 0 Å². The molecule has 0 amide bonds. The summed E-state index contributed by atoms with van der Waals surface area (Å²) in [6.45, 7) is -0.00231. The average molecular weight is 106 g/mol. The van der Waals surface area contributed by atoms with Crippen LogP contribution in [0, 0.1) is 0 Å². The molecule has 2 atom stereocenters. The van der Waals surface area contributed by atoms with E-state index in [0.29, 0.717) is 0 Å². The Morgan fingerprint density at radius 3 is 1.86 bits per heavy atom. The van der Waals surface area contributed by atoms with Gasteiger partial charge in [0.1, 0.15) is 12.3 Å². The summed E-state index contributed by atoms with van der Waals surface area (Å²) >= 11 is 0. The highest BCUT2D eigenvalue weighted by Crippen LogP contribution is 1.78. The van der Waals surface area contributed by atoms with Crippen LogP contribution < -0.4 is 11.5 Å². The standard InChI is InChI=1S/C3H10N2O2/c4-1-2(6)3(5)7/h2-3,6-7H,1,4-5H2. The summed E-state index contributed by atoms with van der Waals surface area (Å²) in [7, 11) is 0. The van der Waals surface area contributed by atoms with Gasteiger partial charge in [-0.05, 0) is 0 Å². The number of aliphatic hydroxyl groups is 2. The molecule has 44 valence electrons. The number of rotatable bonds is 2. The van der Waals surface area contributed by atoms with Gasteiger partial charge in [-0.3, -0.25) is 0 Å². The zero-order valence-electron chi connectivity index (χ0n) is 3.91. The van der Waals surface area contributed by atoms with E-state index in [9.17, 15) is 0 Å². The smallest absolute Gasteiger partial charge is 0.129 e. The Morgan fingerprint density at radius 2 is 1.86 bits per heavy atom. The van der Waals surface area contributed by atoms with Crippen molar-refractivity contribution in [3.8, 4) is 0 Å². The molecule has 6 N–H and O–H groups in total. The summed E-state index contributed by atoms with van der Waals surface area (Å²) in [6.07, 6.45) is -2.19. The van der Waals surface area contributed by atoms with Gasteiger partial charge in [-0.15, -0.1) is 0 Å². The van der Waals surface area contributed by atoms with Gasteiger partial charge in [-0.25, -0.2) is 0 Å². The van der Waals surface area contributed by atoms with Gasteiger partial charge in [-0.1, -0.05) is 0 Å². The summed E-state index contributed by atoms with van der Waals surface area (Å²) < 4.78 is 0. The van der Waals surface area contributed by atoms with Crippen molar-refractivity contribution < 1.29 is 10.2 Å². The van der Waals surface area contributed by atoms with Gasteiger partial charge < -0.3 is 21.7 Å². The van der Waals surface area contributed by atoms with E-state index in [1.54, 1.807) is 0 Å². The fraction of sp³-hybridized carbons (Fsp3) is 1.00. The van der Waals surface area contributed by atoms with Crippen LogP contribution in [0.5, 0.6) is 0 Å². The van der Waals surface area contributed by atoms with Crippen molar-refractivity contribution in [2.75, 3.05) is 6.54 Å². The van der Waals surface area contributed by atoms with Gasteiger partial charge in [-0.2, -0.15) is 0 Å². The maximum Gasteiger partial charge on any atom is 0.129 e. The molecule has 0 aromatic rings. The van der Waals surface area contributed by atoms with Crippen molar-refractivity contribution in [1.29, 1.82) is 0 Å². The molecule has 7 heavy (non-hydrogen) atoms. The third-order valence-electron chi connectivity index (χ3n) is 0.636. The molecule has 0 aromatic carbocycles. The summed E-state index contributed by atoms with van der Waals surface area (Å²) in [5.41, 5.74) is 9.65. The van der Waals surface area contributed by atoms with Gasteiger partial charge in [0.15, 0.2) is 0 Å². The normalized spacial score (nSPS) is 18.9. The van der Waals surface area contributed by atoms with E-state index in [0.717, 1.165) is 0 Å². The minimum absolute atomic E-state index is 0.00231. The second-order valence-electron chi connectivity index (χ2n) is 1.29. The summed E-state index contributed by atoms with van der Waals surface area (Å²) in [5.74, 6) is 0. The van der Waals surface area contributed by atoms with Gasteiger partial charge in [0.2, 0.25) is 0 Å². The Morgan fingerprint density at radius 1 is 1.43 bits per heavy atom. The van der Waals surface area contributed by atoms with Crippen molar-refractivity contribution >= 4 is 0 Å². The van der Waals surface area contributed by atoms with E-state index >= 15 is 0 Å². The molecule has 0 saturated heterocycles. The molecule has 0 radical (unpaired) electrons. The van der Waals surface area contributed by atoms with E-state index in [-0.39, 0.29) is 6.54 Å². The largest absolute Gasteiger partial charge is 0.388 e. The summed E-state index contributed by atoms with van der Waals surface area (Å²) in [6, 6.07) is 0. The molecule has 0 aliphatic rings. The first-order valence-corrected chi connectivity index (χ1v) is 2.00. The molecule has 4 heteroatoms. The first kappa shape index (κ1) is 6.84. The number of aliphatic hydroxyl groups excluding tert-OH is 2. The van der Waals surface area contributed by atoms with Crippen LogP contribution in [0.15, 0.2) is 0 Å². The van der Waals surface area contributed by atoms with Crippen molar-refractivity contribution in [1.82, 2.24) is 0 Å². The molecule has 0 saturated carbocycles. The number of hydrogen-bond donors (Lipinski definition) is 4. The summed E-state index contributed by atoms with van der Waals surface area (Å²) in [4.78, 5) is 0. The third-order valence-corrected chi connectivity index (χ3v) is 0.636. The molecule has 2 unspecified atom stereocenters. The Hall–Kier alpha value is -0.160. The lowest BCUT2D eigenvalue weighted by Gasteiger charge is -2.08. The Balaban J connectivity index is 3.14. The molecule has 0 spiro atoms. The molecule has 0 heterocycles. The minimum atomic E-state index is -1.20. The molecule has 4 nitrogen and oxygen atoms in total. The fourth-order valence-electron chi connectivity index (χ4n) is 0.139. The van der Waals surface area contributed by atoms with E-state index < -0.39 is 12.3 Å². The second kappa shape index (κ2) is 2.92. The van der Waals surface area contributed by atoms with Gasteiger partial charge in [0.05, 0.1) is 0 Å². The minimum Gasteiger partial charge on any atom is -0.388 e. The molecule has 0 rings (SSSR count). The predicted octanol–water partition coefficient (Wildman–Crippen LogP) is -2.42. The topological polar surface area (TPSA) is 92.5 Å². The lowest BCUT2D eigenvalue weighted by atomic mass is 10.3. The Bertz CT molecular complexity index is 48.2. The van der Waals surface area contributed by atoms with E-state index in [2.05, 4.69) is 0 Å². The molecule has 0 aromatic heterocycles. The highest BCUT2D eigenvalue weighted by atomic mass is 16.3. The Kier molecular flexibility index (Phi) is 2.86. The SMILES string of the molecule is NCC(O)C(N)O. The van der Waals surface area contributed by atoms with Crippen LogP contribution in [0.4, 0.5) is 0 Å². The molecule has 0 aliphatic heterocycles.